The summed E-state index contributed by atoms with van der Waals surface area (Å²) in [5, 5.41) is 11.8. The first kappa shape index (κ1) is 27.7. The van der Waals surface area contributed by atoms with Crippen LogP contribution in [0.25, 0.3) is 0 Å². The zero-order valence-electron chi connectivity index (χ0n) is 22.8. The van der Waals surface area contributed by atoms with Gasteiger partial charge in [-0.15, -0.1) is 0 Å². The van der Waals surface area contributed by atoms with E-state index in [0.717, 1.165) is 28.9 Å². The minimum Gasteiger partial charge on any atom is -0.497 e. The fraction of sp³-hybridized carbons (Fsp3) is 0.452. The lowest BCUT2D eigenvalue weighted by molar-refractivity contribution is -0.231. The molecule has 0 radical (unpaired) electrons. The Balaban J connectivity index is 1.58. The van der Waals surface area contributed by atoms with Gasteiger partial charge in [-0.05, 0) is 67.3 Å². The molecule has 0 spiro atoms. The highest BCUT2D eigenvalue weighted by Gasteiger charge is 2.49. The minimum atomic E-state index is -1.96. The Morgan fingerprint density at radius 3 is 2.32 bits per heavy atom. The molecule has 2 aliphatic rings. The van der Waals surface area contributed by atoms with E-state index < -0.39 is 11.8 Å². The summed E-state index contributed by atoms with van der Waals surface area (Å²) in [5.41, 5.74) is 3.92. The van der Waals surface area contributed by atoms with E-state index in [-0.39, 0.29) is 24.4 Å². The molecule has 1 unspecified atom stereocenters. The van der Waals surface area contributed by atoms with Crippen molar-refractivity contribution in [1.82, 2.24) is 0 Å². The van der Waals surface area contributed by atoms with Gasteiger partial charge < -0.3 is 24.2 Å². The smallest absolute Gasteiger partial charge is 0.345 e. The normalized spacial score (nSPS) is 18.9. The van der Waals surface area contributed by atoms with Crippen molar-refractivity contribution in [3.63, 3.8) is 0 Å². The largest absolute Gasteiger partial charge is 0.497 e. The van der Waals surface area contributed by atoms with Crippen LogP contribution in [0, 0.1) is 13.8 Å². The number of methoxy groups -OCH3 is 1. The average molecular weight is 523 g/mol. The predicted octanol–water partition coefficient (Wildman–Crippen LogP) is 6.14. The van der Waals surface area contributed by atoms with E-state index in [0.29, 0.717) is 23.5 Å². The van der Waals surface area contributed by atoms with E-state index >= 15 is 0 Å². The van der Waals surface area contributed by atoms with Crippen LogP contribution in [-0.4, -0.2) is 31.4 Å². The number of benzene rings is 2. The monoisotopic (exact) mass is 522 g/mol. The second-order valence-electron chi connectivity index (χ2n) is 9.90. The maximum atomic E-state index is 13.0. The number of carbonyl (C=O) groups is 1. The lowest BCUT2D eigenvalue weighted by Gasteiger charge is -2.26. The molecule has 0 saturated carbocycles. The number of ether oxygens (including phenoxy) is 3. The van der Waals surface area contributed by atoms with Gasteiger partial charge in [0.05, 0.1) is 13.7 Å². The molecule has 204 valence electrons. The fourth-order valence-corrected chi connectivity index (χ4v) is 5.06. The highest BCUT2D eigenvalue weighted by molar-refractivity contribution is 5.97. The number of unbranched alkanes of at least 4 members (excludes halogenated alkanes) is 5. The van der Waals surface area contributed by atoms with E-state index in [2.05, 4.69) is 6.92 Å². The Bertz CT molecular complexity index is 1170. The van der Waals surface area contributed by atoms with Crippen LogP contribution >= 0.6 is 0 Å². The van der Waals surface area contributed by atoms with Crippen LogP contribution in [-0.2, 0) is 31.5 Å². The average Bonchev–Trinajstić information content (AvgIpc) is 3.51. The van der Waals surface area contributed by atoms with Crippen molar-refractivity contribution >= 4 is 5.97 Å². The van der Waals surface area contributed by atoms with Crippen molar-refractivity contribution in [2.75, 3.05) is 20.3 Å². The maximum absolute atomic E-state index is 13.0. The molecule has 0 aromatic heterocycles. The summed E-state index contributed by atoms with van der Waals surface area (Å²) in [6, 6.07) is 10.9. The van der Waals surface area contributed by atoms with Gasteiger partial charge in [0.25, 0.3) is 5.79 Å². The molecule has 1 N–H and O–H groups in total. The quantitative estimate of drug-likeness (QED) is 0.192. The molecule has 7 heteroatoms. The van der Waals surface area contributed by atoms with Gasteiger partial charge in [0.1, 0.15) is 23.7 Å². The molecular formula is C31H38O7. The van der Waals surface area contributed by atoms with Gasteiger partial charge >= 0.3 is 5.97 Å². The third-order valence-electron chi connectivity index (χ3n) is 7.01. The third kappa shape index (κ3) is 6.05. The molecule has 0 fully saturated rings. The molecule has 1 atom stereocenters. The van der Waals surface area contributed by atoms with Gasteiger partial charge in [0.15, 0.2) is 5.76 Å². The van der Waals surface area contributed by atoms with Crippen LogP contribution in [0.5, 0.6) is 11.5 Å². The zero-order chi connectivity index (χ0) is 27.1. The van der Waals surface area contributed by atoms with E-state index in [9.17, 15) is 9.90 Å². The Labute approximate surface area is 224 Å². The Hall–Kier alpha value is -3.29. The molecule has 38 heavy (non-hydrogen) atoms. The van der Waals surface area contributed by atoms with Crippen LogP contribution in [0.3, 0.4) is 0 Å². The van der Waals surface area contributed by atoms with Crippen molar-refractivity contribution in [3.8, 4) is 11.5 Å². The fourth-order valence-electron chi connectivity index (χ4n) is 5.06. The number of hydrogen-bond acceptors (Lipinski definition) is 7. The first-order chi connectivity index (χ1) is 18.4. The van der Waals surface area contributed by atoms with Crippen LogP contribution in [0.4, 0.5) is 0 Å². The Morgan fingerprint density at radius 2 is 1.68 bits per heavy atom. The van der Waals surface area contributed by atoms with E-state index in [1.165, 1.54) is 32.1 Å². The summed E-state index contributed by atoms with van der Waals surface area (Å²) < 4.78 is 17.0. The van der Waals surface area contributed by atoms with Crippen LogP contribution in [0.2, 0.25) is 0 Å². The SMILES string of the molecule is CCCCCCCCOc1c(C)cc(CC2=C(C3=CCOO3)C(=O)OC2(O)c2ccc(OC)cc2)cc1C. The van der Waals surface area contributed by atoms with Gasteiger partial charge in [0.2, 0.25) is 0 Å². The molecule has 0 bridgehead atoms. The molecule has 2 aliphatic heterocycles. The summed E-state index contributed by atoms with van der Waals surface area (Å²) in [6.45, 7) is 7.16. The first-order valence-corrected chi connectivity index (χ1v) is 13.4. The van der Waals surface area contributed by atoms with Crippen LogP contribution in [0.15, 0.2) is 59.4 Å². The summed E-state index contributed by atoms with van der Waals surface area (Å²) in [6.07, 6.45) is 9.20. The number of carbonyl (C=O) groups excluding carboxylic acids is 1. The minimum absolute atomic E-state index is 0.180. The van der Waals surface area contributed by atoms with Crippen molar-refractivity contribution < 1.29 is 33.9 Å². The highest BCUT2D eigenvalue weighted by atomic mass is 17.2. The Morgan fingerprint density at radius 1 is 1.00 bits per heavy atom. The van der Waals surface area contributed by atoms with Crippen LogP contribution < -0.4 is 9.47 Å². The van der Waals surface area contributed by atoms with E-state index in [4.69, 9.17) is 24.0 Å². The molecule has 0 amide bonds. The molecule has 2 heterocycles. The highest BCUT2D eigenvalue weighted by Crippen LogP contribution is 2.44. The summed E-state index contributed by atoms with van der Waals surface area (Å²) in [7, 11) is 1.57. The summed E-state index contributed by atoms with van der Waals surface area (Å²) in [4.78, 5) is 23.3. The molecule has 4 rings (SSSR count). The number of cyclic esters (lactones) is 1. The molecule has 2 aromatic rings. The number of aliphatic hydroxyl groups is 1. The summed E-state index contributed by atoms with van der Waals surface area (Å²) in [5.74, 6) is -0.856. The zero-order valence-corrected chi connectivity index (χ0v) is 22.8. The standard InChI is InChI=1S/C31H38O7/c1-5-6-7-8-9-10-16-35-29-21(2)18-23(19-22(29)3)20-26-28(27-15-17-36-38-27)30(32)37-31(26,33)24-11-13-25(34-4)14-12-24/h11-15,18-19,33H,5-10,16-17,20H2,1-4H3. The maximum Gasteiger partial charge on any atom is 0.345 e. The van der Waals surface area contributed by atoms with E-state index in [1.807, 2.05) is 26.0 Å². The molecule has 0 aliphatic carbocycles. The van der Waals surface area contributed by atoms with Crippen molar-refractivity contribution in [2.45, 2.75) is 71.5 Å². The topological polar surface area (TPSA) is 83.5 Å². The lowest BCUT2D eigenvalue weighted by atomic mass is 9.88. The summed E-state index contributed by atoms with van der Waals surface area (Å²) >= 11 is 0. The van der Waals surface area contributed by atoms with Gasteiger partial charge in [-0.2, -0.15) is 4.89 Å². The molecule has 2 aromatic carbocycles. The first-order valence-electron chi connectivity index (χ1n) is 13.4. The second-order valence-corrected chi connectivity index (χ2v) is 9.90. The van der Waals surface area contributed by atoms with Crippen molar-refractivity contribution in [3.05, 3.63) is 81.6 Å². The van der Waals surface area contributed by atoms with Gasteiger partial charge in [-0.1, -0.05) is 51.2 Å². The lowest BCUT2D eigenvalue weighted by Crippen LogP contribution is -2.29. The number of aryl methyl sites for hydroxylation is 2. The third-order valence-corrected chi connectivity index (χ3v) is 7.01. The number of esters is 1. The van der Waals surface area contributed by atoms with E-state index in [1.54, 1.807) is 37.5 Å². The van der Waals surface area contributed by atoms with Gasteiger partial charge in [0, 0.05) is 17.6 Å². The number of rotatable bonds is 13. The Kier molecular flexibility index (Phi) is 9.13. The van der Waals surface area contributed by atoms with Crippen molar-refractivity contribution in [2.24, 2.45) is 0 Å². The number of hydrogen-bond donors (Lipinski definition) is 1. The van der Waals surface area contributed by atoms with Gasteiger partial charge in [-0.25, -0.2) is 4.79 Å². The second kappa shape index (κ2) is 12.5. The van der Waals surface area contributed by atoms with Crippen molar-refractivity contribution in [1.29, 1.82) is 0 Å². The van der Waals surface area contributed by atoms with Gasteiger partial charge in [-0.3, -0.25) is 0 Å². The van der Waals surface area contributed by atoms with Crippen LogP contribution in [0.1, 0.15) is 67.7 Å². The predicted molar refractivity (Wildman–Crippen MR) is 144 cm³/mol. The molecule has 0 saturated heterocycles. The molecule has 7 nitrogen and oxygen atoms in total. The molecular weight excluding hydrogens is 484 g/mol.